The van der Waals surface area contributed by atoms with Crippen LogP contribution in [0.25, 0.3) is 11.1 Å². The van der Waals surface area contributed by atoms with Crippen molar-refractivity contribution in [3.63, 3.8) is 0 Å². The second-order valence-corrected chi connectivity index (χ2v) is 11.0. The number of rotatable bonds is 5. The summed E-state index contributed by atoms with van der Waals surface area (Å²) < 4.78 is 6.14. The molecule has 0 aromatic heterocycles. The van der Waals surface area contributed by atoms with E-state index in [2.05, 4.69) is 31.2 Å². The van der Waals surface area contributed by atoms with Gasteiger partial charge in [-0.15, -0.1) is 0 Å². The molecule has 1 aliphatic carbocycles. The SMILES string of the molecule is Cc1ccc(-c2c(C)c3c(c(C)c2[C@H](OC(C)(C)C)C(=O)O)CN(C(=O)C2CCCC2)C3)cc1. The Bertz CT molecular complexity index is 1100. The van der Waals surface area contributed by atoms with Crippen molar-refractivity contribution in [3.8, 4) is 11.1 Å². The molecule has 1 heterocycles. The fourth-order valence-electron chi connectivity index (χ4n) is 5.61. The number of carboxylic acid groups (broad SMARTS) is 1. The highest BCUT2D eigenvalue weighted by molar-refractivity contribution is 5.85. The molecule has 1 fully saturated rings. The van der Waals surface area contributed by atoms with E-state index in [1.807, 2.05) is 39.5 Å². The van der Waals surface area contributed by atoms with E-state index in [0.29, 0.717) is 18.7 Å². The molecule has 0 saturated heterocycles. The Labute approximate surface area is 203 Å². The number of carbonyl (C=O) groups excluding carboxylic acids is 1. The maximum absolute atomic E-state index is 13.3. The molecule has 2 aromatic rings. The van der Waals surface area contributed by atoms with Gasteiger partial charge in [0.25, 0.3) is 0 Å². The van der Waals surface area contributed by atoms with E-state index in [-0.39, 0.29) is 11.8 Å². The lowest BCUT2D eigenvalue weighted by Crippen LogP contribution is -2.30. The third kappa shape index (κ3) is 4.63. The summed E-state index contributed by atoms with van der Waals surface area (Å²) in [5, 5.41) is 10.3. The lowest BCUT2D eigenvalue weighted by molar-refractivity contribution is -0.160. The third-order valence-corrected chi connectivity index (χ3v) is 7.33. The molecule has 5 heteroatoms. The number of carboxylic acids is 1. The molecule has 2 aliphatic rings. The van der Waals surface area contributed by atoms with Gasteiger partial charge in [0.1, 0.15) is 0 Å². The van der Waals surface area contributed by atoms with Crippen LogP contribution >= 0.6 is 0 Å². The first-order valence-corrected chi connectivity index (χ1v) is 12.4. The fraction of sp³-hybridized carbons (Fsp3) is 0.517. The van der Waals surface area contributed by atoms with Crippen LogP contribution in [-0.2, 0) is 27.4 Å². The number of aryl methyl sites for hydroxylation is 1. The van der Waals surface area contributed by atoms with Gasteiger partial charge < -0.3 is 14.7 Å². The van der Waals surface area contributed by atoms with Gasteiger partial charge in [-0.3, -0.25) is 4.79 Å². The van der Waals surface area contributed by atoms with Crippen molar-refractivity contribution < 1.29 is 19.4 Å². The molecule has 182 valence electrons. The van der Waals surface area contributed by atoms with Gasteiger partial charge in [-0.05, 0) is 87.8 Å². The minimum absolute atomic E-state index is 0.127. The van der Waals surface area contributed by atoms with E-state index < -0.39 is 17.7 Å². The van der Waals surface area contributed by atoms with Crippen LogP contribution in [0, 0.1) is 26.7 Å². The summed E-state index contributed by atoms with van der Waals surface area (Å²) in [6, 6.07) is 8.22. The first-order chi connectivity index (χ1) is 16.0. The molecule has 1 N–H and O–H groups in total. The van der Waals surface area contributed by atoms with Crippen molar-refractivity contribution in [2.45, 2.75) is 92.0 Å². The van der Waals surface area contributed by atoms with Crippen molar-refractivity contribution in [2.24, 2.45) is 5.92 Å². The molecule has 0 radical (unpaired) electrons. The molecular weight excluding hydrogens is 426 g/mol. The van der Waals surface area contributed by atoms with E-state index in [1.54, 1.807) is 0 Å². The second kappa shape index (κ2) is 9.18. The van der Waals surface area contributed by atoms with Crippen LogP contribution in [0.15, 0.2) is 24.3 Å². The Kier molecular flexibility index (Phi) is 6.61. The highest BCUT2D eigenvalue weighted by Crippen LogP contribution is 2.44. The zero-order chi connectivity index (χ0) is 24.8. The number of benzene rings is 2. The molecule has 1 saturated carbocycles. The van der Waals surface area contributed by atoms with Crippen LogP contribution in [-0.4, -0.2) is 27.5 Å². The molecule has 2 aromatic carbocycles. The Morgan fingerprint density at radius 1 is 0.971 bits per heavy atom. The van der Waals surface area contributed by atoms with Gasteiger partial charge in [0.2, 0.25) is 5.91 Å². The number of hydrogen-bond acceptors (Lipinski definition) is 3. The Morgan fingerprint density at radius 2 is 1.53 bits per heavy atom. The van der Waals surface area contributed by atoms with Crippen molar-refractivity contribution in [3.05, 3.63) is 57.6 Å². The fourth-order valence-corrected chi connectivity index (χ4v) is 5.61. The molecule has 0 spiro atoms. The van der Waals surface area contributed by atoms with Gasteiger partial charge >= 0.3 is 5.97 Å². The molecular formula is C29H37NO4. The van der Waals surface area contributed by atoms with E-state index in [4.69, 9.17) is 4.74 Å². The summed E-state index contributed by atoms with van der Waals surface area (Å²) in [5.41, 5.74) is 7.34. The van der Waals surface area contributed by atoms with Gasteiger partial charge in [-0.1, -0.05) is 42.7 Å². The Hall–Kier alpha value is -2.66. The molecule has 34 heavy (non-hydrogen) atoms. The molecule has 1 aliphatic heterocycles. The summed E-state index contributed by atoms with van der Waals surface area (Å²) in [6.45, 7) is 12.9. The van der Waals surface area contributed by atoms with Gasteiger partial charge in [0.05, 0.1) is 5.60 Å². The van der Waals surface area contributed by atoms with E-state index in [9.17, 15) is 14.7 Å². The summed E-state index contributed by atoms with van der Waals surface area (Å²) in [4.78, 5) is 27.8. The zero-order valence-electron chi connectivity index (χ0n) is 21.3. The van der Waals surface area contributed by atoms with Crippen molar-refractivity contribution in [2.75, 3.05) is 0 Å². The average Bonchev–Trinajstić information content (AvgIpc) is 3.45. The smallest absolute Gasteiger partial charge is 0.337 e. The summed E-state index contributed by atoms with van der Waals surface area (Å²) in [6.07, 6.45) is 3.11. The lowest BCUT2D eigenvalue weighted by atomic mass is 9.83. The predicted octanol–water partition coefficient (Wildman–Crippen LogP) is 6.25. The minimum atomic E-state index is -1.10. The molecule has 1 atom stereocenters. The Morgan fingerprint density at radius 3 is 2.06 bits per heavy atom. The maximum Gasteiger partial charge on any atom is 0.337 e. The molecule has 0 bridgehead atoms. The first kappa shape index (κ1) is 24.5. The highest BCUT2D eigenvalue weighted by Gasteiger charge is 2.37. The van der Waals surface area contributed by atoms with Gasteiger partial charge in [-0.25, -0.2) is 4.79 Å². The number of carbonyl (C=O) groups is 2. The normalized spacial score (nSPS) is 17.2. The largest absolute Gasteiger partial charge is 0.479 e. The summed E-state index contributed by atoms with van der Waals surface area (Å²) >= 11 is 0. The van der Waals surface area contributed by atoms with Crippen LogP contribution in [0.2, 0.25) is 0 Å². The van der Waals surface area contributed by atoms with Gasteiger partial charge in [0, 0.05) is 24.6 Å². The third-order valence-electron chi connectivity index (χ3n) is 7.33. The highest BCUT2D eigenvalue weighted by atomic mass is 16.5. The quantitative estimate of drug-likeness (QED) is 0.569. The number of aliphatic carboxylic acids is 1. The minimum Gasteiger partial charge on any atom is -0.479 e. The van der Waals surface area contributed by atoms with Crippen LogP contribution < -0.4 is 0 Å². The monoisotopic (exact) mass is 463 g/mol. The van der Waals surface area contributed by atoms with E-state index in [1.165, 1.54) is 0 Å². The summed E-state index contributed by atoms with van der Waals surface area (Å²) in [5.74, 6) is -0.628. The number of amides is 1. The predicted molar refractivity (Wildman–Crippen MR) is 134 cm³/mol. The van der Waals surface area contributed by atoms with Crippen LogP contribution in [0.5, 0.6) is 0 Å². The standard InChI is InChI=1S/C29H37NO4/c1-17-11-13-20(14-12-17)24-18(2)22-15-30(27(31)21-9-7-8-10-21)16-23(22)19(3)25(24)26(28(32)33)34-29(4,5)6/h11-14,21,26H,7-10,15-16H2,1-6H3,(H,32,33)/t26-/m0/s1. The van der Waals surface area contributed by atoms with Gasteiger partial charge in [0.15, 0.2) is 6.10 Å². The van der Waals surface area contributed by atoms with Crippen molar-refractivity contribution in [1.82, 2.24) is 4.90 Å². The average molecular weight is 464 g/mol. The van der Waals surface area contributed by atoms with Crippen LogP contribution in [0.1, 0.15) is 85.9 Å². The topological polar surface area (TPSA) is 66.8 Å². The summed E-state index contributed by atoms with van der Waals surface area (Å²) in [7, 11) is 0. The first-order valence-electron chi connectivity index (χ1n) is 12.4. The number of fused-ring (bicyclic) bond motifs is 1. The lowest BCUT2D eigenvalue weighted by Gasteiger charge is -2.29. The number of hydrogen-bond donors (Lipinski definition) is 1. The molecule has 1 amide bonds. The van der Waals surface area contributed by atoms with Crippen molar-refractivity contribution in [1.29, 1.82) is 0 Å². The number of ether oxygens (including phenoxy) is 1. The van der Waals surface area contributed by atoms with Crippen molar-refractivity contribution >= 4 is 11.9 Å². The van der Waals surface area contributed by atoms with Gasteiger partial charge in [-0.2, -0.15) is 0 Å². The van der Waals surface area contributed by atoms with E-state index in [0.717, 1.165) is 64.6 Å². The maximum atomic E-state index is 13.3. The van der Waals surface area contributed by atoms with Crippen LogP contribution in [0.3, 0.4) is 0 Å². The Balaban J connectivity index is 1.88. The zero-order valence-corrected chi connectivity index (χ0v) is 21.3. The van der Waals surface area contributed by atoms with E-state index >= 15 is 0 Å². The second-order valence-electron chi connectivity index (χ2n) is 11.0. The molecule has 0 unspecified atom stereocenters. The molecule has 4 rings (SSSR count). The molecule has 5 nitrogen and oxygen atoms in total. The van der Waals surface area contributed by atoms with Crippen LogP contribution in [0.4, 0.5) is 0 Å². The number of nitrogens with zero attached hydrogens (tertiary/aromatic N) is 1.